The molecule has 1 fully saturated rings. The fraction of sp³-hybridized carbons (Fsp3) is 0.231. The van der Waals surface area contributed by atoms with Crippen LogP contribution in [0.3, 0.4) is 0 Å². The molecule has 1 aliphatic heterocycles. The van der Waals surface area contributed by atoms with Crippen molar-refractivity contribution in [1.29, 1.82) is 0 Å². The maximum Gasteiger partial charge on any atom is 0.243 e. The average molecular weight is 543 g/mol. The molecular formula is C26H25BrClN3O3. The van der Waals surface area contributed by atoms with Crippen molar-refractivity contribution < 1.29 is 14.3 Å². The number of ether oxygens (including phenoxy) is 1. The van der Waals surface area contributed by atoms with Gasteiger partial charge in [-0.05, 0) is 61.4 Å². The summed E-state index contributed by atoms with van der Waals surface area (Å²) in [7, 11) is 0. The monoisotopic (exact) mass is 541 g/mol. The Morgan fingerprint density at radius 1 is 1.12 bits per heavy atom. The number of carbonyl (C=O) groups excluding carboxylic acids is 2. The van der Waals surface area contributed by atoms with Gasteiger partial charge in [0.1, 0.15) is 12.4 Å². The Balaban J connectivity index is 1.40. The Bertz CT molecular complexity index is 1230. The molecule has 1 aliphatic rings. The summed E-state index contributed by atoms with van der Waals surface area (Å²) in [5.74, 6) is -0.213. The summed E-state index contributed by atoms with van der Waals surface area (Å²) in [4.78, 5) is 27.1. The van der Waals surface area contributed by atoms with Crippen LogP contribution in [0.2, 0.25) is 5.02 Å². The summed E-state index contributed by atoms with van der Waals surface area (Å²) in [6.07, 6.45) is 0.161. The largest absolute Gasteiger partial charge is 0.487 e. The second-order valence-corrected chi connectivity index (χ2v) is 9.63. The predicted octanol–water partition coefficient (Wildman–Crippen LogP) is 5.79. The third-order valence-electron chi connectivity index (χ3n) is 5.90. The summed E-state index contributed by atoms with van der Waals surface area (Å²) < 4.78 is 6.77. The first-order valence-corrected chi connectivity index (χ1v) is 12.1. The van der Waals surface area contributed by atoms with E-state index in [4.69, 9.17) is 16.3 Å². The fourth-order valence-corrected chi connectivity index (χ4v) is 4.31. The minimum atomic E-state index is -0.457. The topological polar surface area (TPSA) is 70.7 Å². The molecule has 176 valence electrons. The molecule has 0 spiro atoms. The molecule has 0 bridgehead atoms. The lowest BCUT2D eigenvalue weighted by Gasteiger charge is -2.19. The second-order valence-electron chi connectivity index (χ2n) is 8.31. The van der Waals surface area contributed by atoms with Crippen LogP contribution in [0.5, 0.6) is 5.75 Å². The minimum Gasteiger partial charge on any atom is -0.487 e. The van der Waals surface area contributed by atoms with Gasteiger partial charge in [0.15, 0.2) is 0 Å². The summed E-state index contributed by atoms with van der Waals surface area (Å²) in [5, 5.41) is 0.627. The first-order chi connectivity index (χ1) is 16.3. The van der Waals surface area contributed by atoms with Crippen LogP contribution in [0.1, 0.15) is 23.1 Å². The highest BCUT2D eigenvalue weighted by molar-refractivity contribution is 9.10. The lowest BCUT2D eigenvalue weighted by Crippen LogP contribution is -2.36. The fourth-order valence-electron chi connectivity index (χ4n) is 3.75. The number of halogens is 2. The zero-order valence-corrected chi connectivity index (χ0v) is 21.2. The first-order valence-electron chi connectivity index (χ1n) is 10.9. The summed E-state index contributed by atoms with van der Waals surface area (Å²) >= 11 is 9.67. The second kappa shape index (κ2) is 10.5. The third-order valence-corrected chi connectivity index (χ3v) is 6.76. The molecule has 0 aromatic heterocycles. The minimum absolute atomic E-state index is 0.0605. The lowest BCUT2D eigenvalue weighted by molar-refractivity contribution is -0.125. The lowest BCUT2D eigenvalue weighted by atomic mass is 10.1. The van der Waals surface area contributed by atoms with Crippen LogP contribution in [0.25, 0.3) is 0 Å². The maximum absolute atomic E-state index is 12.9. The maximum atomic E-state index is 12.9. The van der Waals surface area contributed by atoms with E-state index in [0.717, 1.165) is 26.9 Å². The van der Waals surface area contributed by atoms with Crippen molar-refractivity contribution in [2.75, 3.05) is 16.9 Å². The quantitative estimate of drug-likeness (QED) is 0.371. The number of anilines is 2. The molecule has 0 aliphatic carbocycles. The Labute approximate surface area is 212 Å². The van der Waals surface area contributed by atoms with E-state index in [1.165, 1.54) is 0 Å². The van der Waals surface area contributed by atoms with Gasteiger partial charge in [0.25, 0.3) is 0 Å². The highest BCUT2D eigenvalue weighted by Gasteiger charge is 2.35. The van der Waals surface area contributed by atoms with Crippen molar-refractivity contribution in [3.05, 3.63) is 86.8 Å². The number of hydrogen-bond donors (Lipinski definition) is 2. The van der Waals surface area contributed by atoms with Gasteiger partial charge in [-0.3, -0.25) is 20.4 Å². The van der Waals surface area contributed by atoms with Gasteiger partial charge >= 0.3 is 0 Å². The van der Waals surface area contributed by atoms with Crippen molar-refractivity contribution in [3.8, 4) is 5.75 Å². The number of benzene rings is 3. The van der Waals surface area contributed by atoms with Crippen molar-refractivity contribution in [1.82, 2.24) is 5.43 Å². The smallest absolute Gasteiger partial charge is 0.243 e. The Morgan fingerprint density at radius 3 is 2.68 bits per heavy atom. The van der Waals surface area contributed by atoms with Crippen molar-refractivity contribution >= 4 is 50.7 Å². The van der Waals surface area contributed by atoms with Crippen LogP contribution in [0.15, 0.2) is 65.1 Å². The zero-order chi connectivity index (χ0) is 24.2. The van der Waals surface area contributed by atoms with E-state index in [-0.39, 0.29) is 24.8 Å². The van der Waals surface area contributed by atoms with Crippen LogP contribution in [-0.4, -0.2) is 18.4 Å². The molecule has 1 heterocycles. The SMILES string of the molecule is Cc1ccc(N2C[C@H](C(=O)NNc3cc(Br)ccc3OCc3ccccc3Cl)CC2=O)cc1C. The van der Waals surface area contributed by atoms with E-state index >= 15 is 0 Å². The number of nitrogens with zero attached hydrogens (tertiary/aromatic N) is 1. The van der Waals surface area contributed by atoms with E-state index in [1.54, 1.807) is 11.0 Å². The van der Waals surface area contributed by atoms with Crippen molar-refractivity contribution in [2.24, 2.45) is 5.92 Å². The highest BCUT2D eigenvalue weighted by Crippen LogP contribution is 2.30. The van der Waals surface area contributed by atoms with Gasteiger partial charge < -0.3 is 9.64 Å². The van der Waals surface area contributed by atoms with Crippen molar-refractivity contribution in [3.63, 3.8) is 0 Å². The Hall–Kier alpha value is -3.03. The molecule has 34 heavy (non-hydrogen) atoms. The Morgan fingerprint density at radius 2 is 1.91 bits per heavy atom. The van der Waals surface area contributed by atoms with Gasteiger partial charge in [-0.25, -0.2) is 0 Å². The number of aryl methyl sites for hydroxylation is 2. The standard InChI is InChI=1S/C26H25BrClN3O3/c1-16-7-9-21(11-17(16)2)31-14-19(12-25(31)32)26(33)30-29-23-13-20(27)8-10-24(23)34-15-18-5-3-4-6-22(18)28/h3-11,13,19,29H,12,14-15H2,1-2H3,(H,30,33)/t19-/m1/s1. The predicted molar refractivity (Wildman–Crippen MR) is 138 cm³/mol. The summed E-state index contributed by atoms with van der Waals surface area (Å²) in [6.45, 7) is 4.66. The molecule has 1 saturated heterocycles. The van der Waals surface area contributed by atoms with E-state index < -0.39 is 5.92 Å². The Kier molecular flexibility index (Phi) is 7.44. The van der Waals surface area contributed by atoms with E-state index in [0.29, 0.717) is 23.0 Å². The molecule has 0 saturated carbocycles. The van der Waals surface area contributed by atoms with E-state index in [9.17, 15) is 9.59 Å². The number of nitrogens with one attached hydrogen (secondary N) is 2. The molecule has 4 rings (SSSR count). The van der Waals surface area contributed by atoms with Crippen LogP contribution >= 0.6 is 27.5 Å². The zero-order valence-electron chi connectivity index (χ0n) is 18.9. The number of hydrogen-bond acceptors (Lipinski definition) is 4. The molecule has 2 N–H and O–H groups in total. The normalized spacial score (nSPS) is 15.4. The van der Waals surface area contributed by atoms with Crippen LogP contribution in [0, 0.1) is 19.8 Å². The van der Waals surface area contributed by atoms with Crippen LogP contribution in [-0.2, 0) is 16.2 Å². The molecule has 1 atom stereocenters. The van der Waals surface area contributed by atoms with Gasteiger partial charge in [0, 0.05) is 33.7 Å². The molecule has 3 aromatic carbocycles. The van der Waals surface area contributed by atoms with Gasteiger partial charge in [-0.15, -0.1) is 0 Å². The molecule has 3 aromatic rings. The van der Waals surface area contributed by atoms with Crippen LogP contribution < -0.4 is 20.5 Å². The number of hydrazine groups is 1. The molecule has 0 unspecified atom stereocenters. The van der Waals surface area contributed by atoms with Gasteiger partial charge in [0.05, 0.1) is 11.6 Å². The third kappa shape index (κ3) is 5.54. The number of carbonyl (C=O) groups is 2. The molecule has 2 amide bonds. The highest BCUT2D eigenvalue weighted by atomic mass is 79.9. The molecule has 8 heteroatoms. The van der Waals surface area contributed by atoms with Gasteiger partial charge in [-0.1, -0.05) is 51.8 Å². The van der Waals surface area contributed by atoms with Crippen molar-refractivity contribution in [2.45, 2.75) is 26.9 Å². The molecular weight excluding hydrogens is 518 g/mol. The van der Waals surface area contributed by atoms with Gasteiger partial charge in [0.2, 0.25) is 11.8 Å². The van der Waals surface area contributed by atoms with Crippen LogP contribution in [0.4, 0.5) is 11.4 Å². The molecule has 6 nitrogen and oxygen atoms in total. The average Bonchev–Trinajstić information content (AvgIpc) is 3.21. The summed E-state index contributed by atoms with van der Waals surface area (Å²) in [6, 6.07) is 18.8. The van der Waals surface area contributed by atoms with E-state index in [1.807, 2.05) is 68.4 Å². The summed E-state index contributed by atoms with van der Waals surface area (Å²) in [5.41, 5.74) is 10.2. The number of rotatable bonds is 7. The molecule has 0 radical (unpaired) electrons. The first kappa shape index (κ1) is 24.1. The number of amides is 2. The van der Waals surface area contributed by atoms with E-state index in [2.05, 4.69) is 26.8 Å². The van der Waals surface area contributed by atoms with Gasteiger partial charge in [-0.2, -0.15) is 0 Å².